The molecule has 4 heteroatoms. The quantitative estimate of drug-likeness (QED) is 0.807. The van der Waals surface area contributed by atoms with E-state index in [9.17, 15) is 9.50 Å². The topological polar surface area (TPSA) is 41.5 Å². The maximum Gasteiger partial charge on any atom is 0.123 e. The molecule has 0 aliphatic heterocycles. The fraction of sp³-hybridized carbons (Fsp3) is 0.625. The number of aliphatic hydroxyl groups excluding tert-OH is 1. The van der Waals surface area contributed by atoms with E-state index < -0.39 is 6.10 Å². The Morgan fingerprint density at radius 1 is 1.30 bits per heavy atom. The highest BCUT2D eigenvalue weighted by Gasteiger charge is 2.17. The Morgan fingerprint density at radius 3 is 2.60 bits per heavy atom. The fourth-order valence-corrected chi connectivity index (χ4v) is 2.54. The molecule has 0 spiro atoms. The van der Waals surface area contributed by atoms with Crippen LogP contribution in [0.2, 0.25) is 0 Å². The highest BCUT2D eigenvalue weighted by Crippen LogP contribution is 2.21. The number of halogens is 1. The second-order valence-electron chi connectivity index (χ2n) is 5.58. The first-order chi connectivity index (χ1) is 9.65. The van der Waals surface area contributed by atoms with Crippen molar-refractivity contribution in [1.82, 2.24) is 5.32 Å². The summed E-state index contributed by atoms with van der Waals surface area (Å²) in [4.78, 5) is 0. The first kappa shape index (κ1) is 15.4. The molecule has 0 bridgehead atoms. The molecule has 1 unspecified atom stereocenters. The lowest BCUT2D eigenvalue weighted by molar-refractivity contribution is -0.00610. The summed E-state index contributed by atoms with van der Waals surface area (Å²) in [6.07, 6.45) is 4.54. The predicted molar refractivity (Wildman–Crippen MR) is 77.0 cm³/mol. The van der Waals surface area contributed by atoms with Gasteiger partial charge in [0.2, 0.25) is 0 Å². The second kappa shape index (κ2) is 7.72. The maximum atomic E-state index is 12.8. The Balaban J connectivity index is 1.66. The molecule has 1 aromatic rings. The summed E-state index contributed by atoms with van der Waals surface area (Å²) in [5.41, 5.74) is 1.01. The van der Waals surface area contributed by atoms with Gasteiger partial charge in [-0.25, -0.2) is 4.39 Å². The summed E-state index contributed by atoms with van der Waals surface area (Å²) in [7, 11) is 0. The Bertz CT molecular complexity index is 390. The Labute approximate surface area is 120 Å². The van der Waals surface area contributed by atoms with E-state index in [1.807, 2.05) is 6.92 Å². The van der Waals surface area contributed by atoms with Crippen molar-refractivity contribution < 1.29 is 14.2 Å². The Morgan fingerprint density at radius 2 is 1.95 bits per heavy atom. The smallest absolute Gasteiger partial charge is 0.123 e. The van der Waals surface area contributed by atoms with Crippen molar-refractivity contribution >= 4 is 0 Å². The average molecular weight is 281 g/mol. The number of aliphatic hydroxyl groups is 1. The summed E-state index contributed by atoms with van der Waals surface area (Å²) >= 11 is 0. The van der Waals surface area contributed by atoms with Gasteiger partial charge in [-0.3, -0.25) is 0 Å². The second-order valence-corrected chi connectivity index (χ2v) is 5.58. The normalized spacial score (nSPS) is 19.1. The standard InChI is InChI=1S/C16H24FNO2/c1-12(13-6-8-14(17)9-7-13)18-10-15(19)11-20-16-4-2-3-5-16/h6-9,12,15-16,18-19H,2-5,10-11H2,1H3/t12-,15?/m0/s1. The van der Waals surface area contributed by atoms with Crippen LogP contribution < -0.4 is 5.32 Å². The third-order valence-electron chi connectivity index (χ3n) is 3.86. The number of hydrogen-bond acceptors (Lipinski definition) is 3. The van der Waals surface area contributed by atoms with Gasteiger partial charge in [-0.05, 0) is 37.5 Å². The lowest BCUT2D eigenvalue weighted by Gasteiger charge is -2.19. The van der Waals surface area contributed by atoms with Crippen LogP contribution in [0.15, 0.2) is 24.3 Å². The van der Waals surface area contributed by atoms with Crippen LogP contribution >= 0.6 is 0 Å². The number of hydrogen-bond donors (Lipinski definition) is 2. The van der Waals surface area contributed by atoms with Crippen molar-refractivity contribution in [3.8, 4) is 0 Å². The average Bonchev–Trinajstić information content (AvgIpc) is 2.96. The zero-order valence-corrected chi connectivity index (χ0v) is 12.0. The van der Waals surface area contributed by atoms with Crippen molar-refractivity contribution in [3.63, 3.8) is 0 Å². The van der Waals surface area contributed by atoms with Gasteiger partial charge in [0, 0.05) is 12.6 Å². The van der Waals surface area contributed by atoms with Crippen LogP contribution in [0.4, 0.5) is 4.39 Å². The molecule has 2 rings (SSSR count). The van der Waals surface area contributed by atoms with Crippen LogP contribution in [0.1, 0.15) is 44.2 Å². The molecule has 0 heterocycles. The largest absolute Gasteiger partial charge is 0.389 e. The number of nitrogens with one attached hydrogen (secondary N) is 1. The third kappa shape index (κ3) is 4.85. The van der Waals surface area contributed by atoms with E-state index in [4.69, 9.17) is 4.74 Å². The van der Waals surface area contributed by atoms with Gasteiger partial charge >= 0.3 is 0 Å². The van der Waals surface area contributed by atoms with Crippen LogP contribution in [-0.2, 0) is 4.74 Å². The minimum absolute atomic E-state index is 0.0803. The molecule has 1 saturated carbocycles. The van der Waals surface area contributed by atoms with E-state index in [2.05, 4.69) is 5.32 Å². The van der Waals surface area contributed by atoms with E-state index in [0.29, 0.717) is 19.3 Å². The summed E-state index contributed by atoms with van der Waals surface area (Å²) < 4.78 is 18.5. The van der Waals surface area contributed by atoms with Crippen molar-refractivity contribution in [3.05, 3.63) is 35.6 Å². The van der Waals surface area contributed by atoms with Gasteiger partial charge < -0.3 is 15.2 Å². The van der Waals surface area contributed by atoms with Crippen LogP contribution in [0, 0.1) is 5.82 Å². The molecule has 0 amide bonds. The Kier molecular flexibility index (Phi) is 5.95. The van der Waals surface area contributed by atoms with Gasteiger partial charge in [0.15, 0.2) is 0 Å². The van der Waals surface area contributed by atoms with Crippen molar-refractivity contribution in [2.45, 2.75) is 50.9 Å². The summed E-state index contributed by atoms with van der Waals surface area (Å²) in [5, 5.41) is 13.1. The van der Waals surface area contributed by atoms with E-state index in [1.165, 1.54) is 25.0 Å². The molecule has 0 aromatic heterocycles. The van der Waals surface area contributed by atoms with Gasteiger partial charge in [0.25, 0.3) is 0 Å². The van der Waals surface area contributed by atoms with Gasteiger partial charge in [0.1, 0.15) is 5.82 Å². The zero-order chi connectivity index (χ0) is 14.4. The molecule has 0 saturated heterocycles. The monoisotopic (exact) mass is 281 g/mol. The lowest BCUT2D eigenvalue weighted by Crippen LogP contribution is -2.33. The summed E-state index contributed by atoms with van der Waals surface area (Å²) in [6, 6.07) is 6.50. The molecule has 0 radical (unpaired) electrons. The number of benzene rings is 1. The molecule has 1 aliphatic carbocycles. The fourth-order valence-electron chi connectivity index (χ4n) is 2.54. The van der Waals surface area contributed by atoms with Crippen LogP contribution in [0.3, 0.4) is 0 Å². The zero-order valence-electron chi connectivity index (χ0n) is 12.0. The SMILES string of the molecule is C[C@H](NCC(O)COC1CCCC1)c1ccc(F)cc1. The molecule has 1 aliphatic rings. The minimum Gasteiger partial charge on any atom is -0.389 e. The molecule has 1 fully saturated rings. The predicted octanol–water partition coefficient (Wildman–Crippen LogP) is 2.80. The third-order valence-corrected chi connectivity index (χ3v) is 3.86. The molecular formula is C16H24FNO2. The maximum absolute atomic E-state index is 12.8. The molecule has 3 nitrogen and oxygen atoms in total. The summed E-state index contributed by atoms with van der Waals surface area (Å²) in [5.74, 6) is -0.231. The molecule has 2 N–H and O–H groups in total. The van der Waals surface area contributed by atoms with Gasteiger partial charge in [0.05, 0.1) is 18.8 Å². The summed E-state index contributed by atoms with van der Waals surface area (Å²) in [6.45, 7) is 2.86. The van der Waals surface area contributed by atoms with Crippen LogP contribution in [0.5, 0.6) is 0 Å². The molecule has 1 aromatic carbocycles. The van der Waals surface area contributed by atoms with E-state index in [0.717, 1.165) is 18.4 Å². The van der Waals surface area contributed by atoms with E-state index >= 15 is 0 Å². The molecule has 2 atom stereocenters. The van der Waals surface area contributed by atoms with Crippen LogP contribution in [-0.4, -0.2) is 30.5 Å². The van der Waals surface area contributed by atoms with Gasteiger partial charge in [-0.2, -0.15) is 0 Å². The number of rotatable bonds is 7. The van der Waals surface area contributed by atoms with E-state index in [-0.39, 0.29) is 11.9 Å². The van der Waals surface area contributed by atoms with Crippen LogP contribution in [0.25, 0.3) is 0 Å². The highest BCUT2D eigenvalue weighted by molar-refractivity contribution is 5.19. The minimum atomic E-state index is -0.501. The Hall–Kier alpha value is -0.970. The highest BCUT2D eigenvalue weighted by atomic mass is 19.1. The first-order valence-corrected chi connectivity index (χ1v) is 7.43. The van der Waals surface area contributed by atoms with Crippen molar-refractivity contribution in [2.75, 3.05) is 13.2 Å². The van der Waals surface area contributed by atoms with Gasteiger partial charge in [-0.1, -0.05) is 25.0 Å². The number of ether oxygens (including phenoxy) is 1. The first-order valence-electron chi connectivity index (χ1n) is 7.43. The lowest BCUT2D eigenvalue weighted by atomic mass is 10.1. The van der Waals surface area contributed by atoms with Crippen molar-refractivity contribution in [1.29, 1.82) is 0 Å². The molecule has 20 heavy (non-hydrogen) atoms. The molecule has 112 valence electrons. The van der Waals surface area contributed by atoms with E-state index in [1.54, 1.807) is 12.1 Å². The molecular weight excluding hydrogens is 257 g/mol. The van der Waals surface area contributed by atoms with Gasteiger partial charge in [-0.15, -0.1) is 0 Å². The van der Waals surface area contributed by atoms with Crippen molar-refractivity contribution in [2.24, 2.45) is 0 Å².